The van der Waals surface area contributed by atoms with Gasteiger partial charge in [-0.25, -0.2) is 14.8 Å². The van der Waals surface area contributed by atoms with E-state index in [0.717, 1.165) is 26.1 Å². The van der Waals surface area contributed by atoms with Gasteiger partial charge in [0.2, 0.25) is 5.95 Å². The zero-order valence-electron chi connectivity index (χ0n) is 11.1. The van der Waals surface area contributed by atoms with Gasteiger partial charge in [0, 0.05) is 25.8 Å². The summed E-state index contributed by atoms with van der Waals surface area (Å²) in [5, 5.41) is 8.92. The Morgan fingerprint density at radius 1 is 1.33 bits per heavy atom. The van der Waals surface area contributed by atoms with Crippen molar-refractivity contribution in [2.24, 2.45) is 0 Å². The normalized spacial score (nSPS) is 10.7. The molecule has 100 valence electrons. The van der Waals surface area contributed by atoms with Crippen LogP contribution in [0.5, 0.6) is 0 Å². The van der Waals surface area contributed by atoms with Crippen LogP contribution in [0.25, 0.3) is 0 Å². The molecule has 18 heavy (non-hydrogen) atoms. The van der Waals surface area contributed by atoms with Crippen molar-refractivity contribution in [3.8, 4) is 0 Å². The first-order valence-electron chi connectivity index (χ1n) is 6.00. The van der Waals surface area contributed by atoms with E-state index in [0.29, 0.717) is 5.95 Å². The first kappa shape index (κ1) is 14.4. The summed E-state index contributed by atoms with van der Waals surface area (Å²) < 4.78 is 0. The summed E-state index contributed by atoms with van der Waals surface area (Å²) in [4.78, 5) is 23.2. The molecule has 0 spiro atoms. The van der Waals surface area contributed by atoms with Crippen molar-refractivity contribution in [3.63, 3.8) is 0 Å². The van der Waals surface area contributed by atoms with Crippen molar-refractivity contribution < 1.29 is 9.90 Å². The number of likely N-dealkylation sites (N-methyl/N-ethyl adjacent to an activating group) is 1. The zero-order valence-corrected chi connectivity index (χ0v) is 11.1. The molecular weight excluding hydrogens is 232 g/mol. The molecule has 0 aliphatic carbocycles. The Morgan fingerprint density at radius 2 is 2.06 bits per heavy atom. The van der Waals surface area contributed by atoms with Crippen molar-refractivity contribution in [1.82, 2.24) is 14.9 Å². The van der Waals surface area contributed by atoms with E-state index in [2.05, 4.69) is 21.8 Å². The predicted molar refractivity (Wildman–Crippen MR) is 70.0 cm³/mol. The number of carboxylic acid groups (broad SMARTS) is 1. The van der Waals surface area contributed by atoms with Gasteiger partial charge in [0.05, 0.1) is 0 Å². The Labute approximate surface area is 107 Å². The third-order valence-electron chi connectivity index (χ3n) is 2.46. The highest BCUT2D eigenvalue weighted by Crippen LogP contribution is 2.08. The molecule has 0 radical (unpaired) electrons. The maximum Gasteiger partial charge on any atom is 0.354 e. The standard InChI is InChI=1S/C12H20N4O2/c1-4-7-16(9-8-15(2)3)12-13-6-5-10(14-12)11(17)18/h5-6H,4,7-9H2,1-3H3,(H,17,18). The minimum Gasteiger partial charge on any atom is -0.477 e. The van der Waals surface area contributed by atoms with Gasteiger partial charge >= 0.3 is 5.97 Å². The molecule has 1 heterocycles. The SMILES string of the molecule is CCCN(CCN(C)C)c1nccc(C(=O)O)n1. The number of hydrogen-bond acceptors (Lipinski definition) is 5. The van der Waals surface area contributed by atoms with E-state index in [1.165, 1.54) is 12.3 Å². The lowest BCUT2D eigenvalue weighted by atomic mass is 10.4. The summed E-state index contributed by atoms with van der Waals surface area (Å²) in [6.45, 7) is 4.55. The summed E-state index contributed by atoms with van der Waals surface area (Å²) in [6.07, 6.45) is 2.46. The van der Waals surface area contributed by atoms with E-state index in [4.69, 9.17) is 5.11 Å². The molecule has 0 fully saturated rings. The van der Waals surface area contributed by atoms with E-state index in [-0.39, 0.29) is 5.69 Å². The number of anilines is 1. The highest BCUT2D eigenvalue weighted by Gasteiger charge is 2.12. The van der Waals surface area contributed by atoms with Crippen molar-refractivity contribution in [1.29, 1.82) is 0 Å². The van der Waals surface area contributed by atoms with Crippen molar-refractivity contribution in [2.75, 3.05) is 38.6 Å². The quantitative estimate of drug-likeness (QED) is 0.779. The Hall–Kier alpha value is -1.69. The number of aromatic carboxylic acids is 1. The lowest BCUT2D eigenvalue weighted by molar-refractivity contribution is 0.0690. The Bertz CT molecular complexity index is 395. The van der Waals surface area contributed by atoms with Gasteiger partial charge in [0.1, 0.15) is 0 Å². The van der Waals surface area contributed by atoms with E-state index in [1.807, 2.05) is 19.0 Å². The fourth-order valence-corrected chi connectivity index (χ4v) is 1.52. The van der Waals surface area contributed by atoms with Gasteiger partial charge in [0.15, 0.2) is 5.69 Å². The molecule has 1 aromatic rings. The van der Waals surface area contributed by atoms with Crippen LogP contribution in [0.4, 0.5) is 5.95 Å². The second-order valence-electron chi connectivity index (χ2n) is 4.34. The van der Waals surface area contributed by atoms with Gasteiger partial charge in [0.25, 0.3) is 0 Å². The Balaban J connectivity index is 2.83. The molecule has 6 nitrogen and oxygen atoms in total. The van der Waals surface area contributed by atoms with E-state index < -0.39 is 5.97 Å². The number of carbonyl (C=O) groups is 1. The van der Waals surface area contributed by atoms with Crippen LogP contribution in [0.3, 0.4) is 0 Å². The van der Waals surface area contributed by atoms with Gasteiger partial charge in [-0.05, 0) is 26.6 Å². The predicted octanol–water partition coefficient (Wildman–Crippen LogP) is 0.953. The van der Waals surface area contributed by atoms with Gasteiger partial charge < -0.3 is 14.9 Å². The summed E-state index contributed by atoms with van der Waals surface area (Å²) >= 11 is 0. The van der Waals surface area contributed by atoms with Crippen LogP contribution in [0.15, 0.2) is 12.3 Å². The molecule has 0 amide bonds. The van der Waals surface area contributed by atoms with Crippen LogP contribution >= 0.6 is 0 Å². The van der Waals surface area contributed by atoms with Gasteiger partial charge in [-0.2, -0.15) is 0 Å². The van der Waals surface area contributed by atoms with Gasteiger partial charge in [-0.1, -0.05) is 6.92 Å². The molecule has 0 aromatic carbocycles. The van der Waals surface area contributed by atoms with Crippen LogP contribution in [0, 0.1) is 0 Å². The highest BCUT2D eigenvalue weighted by atomic mass is 16.4. The third kappa shape index (κ3) is 4.29. The molecule has 1 rings (SSSR count). The monoisotopic (exact) mass is 252 g/mol. The van der Waals surface area contributed by atoms with Crippen molar-refractivity contribution in [2.45, 2.75) is 13.3 Å². The molecule has 0 saturated heterocycles. The van der Waals surface area contributed by atoms with E-state index >= 15 is 0 Å². The van der Waals surface area contributed by atoms with Crippen molar-refractivity contribution >= 4 is 11.9 Å². The largest absolute Gasteiger partial charge is 0.477 e. The van der Waals surface area contributed by atoms with Crippen LogP contribution in [-0.2, 0) is 0 Å². The van der Waals surface area contributed by atoms with E-state index in [9.17, 15) is 4.79 Å². The fraction of sp³-hybridized carbons (Fsp3) is 0.583. The van der Waals surface area contributed by atoms with Crippen LogP contribution in [-0.4, -0.2) is 59.7 Å². The molecule has 0 atom stereocenters. The Kier molecular flexibility index (Phi) is 5.51. The first-order valence-corrected chi connectivity index (χ1v) is 6.00. The van der Waals surface area contributed by atoms with Crippen LogP contribution in [0.2, 0.25) is 0 Å². The average Bonchev–Trinajstić information content (AvgIpc) is 2.34. The van der Waals surface area contributed by atoms with Crippen LogP contribution in [0.1, 0.15) is 23.8 Å². The summed E-state index contributed by atoms with van der Waals surface area (Å²) in [5.41, 5.74) is 0.0333. The number of aromatic nitrogens is 2. The molecule has 0 unspecified atom stereocenters. The number of nitrogens with zero attached hydrogens (tertiary/aromatic N) is 4. The van der Waals surface area contributed by atoms with Gasteiger partial charge in [-0.15, -0.1) is 0 Å². The minimum absolute atomic E-state index is 0.0333. The summed E-state index contributed by atoms with van der Waals surface area (Å²) in [5.74, 6) is -0.540. The molecule has 6 heteroatoms. The molecule has 0 aliphatic rings. The molecular formula is C12H20N4O2. The molecule has 0 saturated carbocycles. The fourth-order valence-electron chi connectivity index (χ4n) is 1.52. The minimum atomic E-state index is -1.03. The Morgan fingerprint density at radius 3 is 2.61 bits per heavy atom. The summed E-state index contributed by atoms with van der Waals surface area (Å²) in [7, 11) is 4.00. The molecule has 1 N–H and O–H groups in total. The van der Waals surface area contributed by atoms with Crippen LogP contribution < -0.4 is 4.90 Å². The third-order valence-corrected chi connectivity index (χ3v) is 2.46. The maximum absolute atomic E-state index is 10.9. The highest BCUT2D eigenvalue weighted by molar-refractivity contribution is 5.85. The topological polar surface area (TPSA) is 69.6 Å². The lowest BCUT2D eigenvalue weighted by Crippen LogP contribution is -2.33. The summed E-state index contributed by atoms with van der Waals surface area (Å²) in [6, 6.07) is 1.40. The molecule has 0 aliphatic heterocycles. The van der Waals surface area contributed by atoms with E-state index in [1.54, 1.807) is 0 Å². The zero-order chi connectivity index (χ0) is 13.5. The first-order chi connectivity index (χ1) is 8.54. The number of carboxylic acids is 1. The maximum atomic E-state index is 10.9. The second kappa shape index (κ2) is 6.90. The number of hydrogen-bond donors (Lipinski definition) is 1. The van der Waals surface area contributed by atoms with Crippen molar-refractivity contribution in [3.05, 3.63) is 18.0 Å². The van der Waals surface area contributed by atoms with Gasteiger partial charge in [-0.3, -0.25) is 0 Å². The smallest absolute Gasteiger partial charge is 0.354 e. The molecule has 1 aromatic heterocycles. The lowest BCUT2D eigenvalue weighted by Gasteiger charge is -2.23. The molecule has 0 bridgehead atoms. The second-order valence-corrected chi connectivity index (χ2v) is 4.34. The average molecular weight is 252 g/mol. The number of rotatable bonds is 7.